The summed E-state index contributed by atoms with van der Waals surface area (Å²) in [4.78, 5) is 0. The fraction of sp³-hybridized carbons (Fsp3) is 0.429. The van der Waals surface area contributed by atoms with Gasteiger partial charge in [0.25, 0.3) is 0 Å². The molecule has 0 radical (unpaired) electrons. The Labute approximate surface area is 173 Å². The molecule has 0 aliphatic carbocycles. The van der Waals surface area contributed by atoms with E-state index in [0.717, 1.165) is 16.9 Å². The average Bonchev–Trinajstić information content (AvgIpc) is 3.13. The molecule has 2 bridgehead atoms. The van der Waals surface area contributed by atoms with Crippen LogP contribution in [0.4, 0.5) is 0 Å². The Kier molecular flexibility index (Phi) is 5.33. The maximum absolute atomic E-state index is 10.7. The van der Waals surface area contributed by atoms with Crippen molar-refractivity contribution in [2.45, 2.75) is 36.1 Å². The maximum atomic E-state index is 10.7. The van der Waals surface area contributed by atoms with E-state index in [2.05, 4.69) is 0 Å². The van der Waals surface area contributed by atoms with Gasteiger partial charge in [-0.25, -0.2) is 0 Å². The highest BCUT2D eigenvalue weighted by Crippen LogP contribution is 2.49. The van der Waals surface area contributed by atoms with E-state index in [1.54, 1.807) is 25.3 Å². The second kappa shape index (κ2) is 7.52. The molecule has 156 valence electrons. The van der Waals surface area contributed by atoms with Crippen molar-refractivity contribution in [1.29, 1.82) is 0 Å². The predicted molar refractivity (Wildman–Crippen MR) is 104 cm³/mol. The van der Waals surface area contributed by atoms with Gasteiger partial charge in [0.2, 0.25) is 5.79 Å². The molecule has 0 spiro atoms. The third-order valence-corrected chi connectivity index (χ3v) is 6.10. The highest BCUT2D eigenvalue weighted by Gasteiger charge is 2.67. The summed E-state index contributed by atoms with van der Waals surface area (Å²) in [6.07, 6.45) is -4.06. The number of rotatable bonds is 5. The van der Waals surface area contributed by atoms with Crippen LogP contribution in [0.15, 0.2) is 42.5 Å². The minimum absolute atomic E-state index is 0.171. The van der Waals surface area contributed by atoms with Gasteiger partial charge in [0.15, 0.2) is 0 Å². The molecule has 29 heavy (non-hydrogen) atoms. The van der Waals surface area contributed by atoms with Gasteiger partial charge in [0.05, 0.1) is 20.3 Å². The molecular weight excluding hydrogens is 400 g/mol. The van der Waals surface area contributed by atoms with E-state index in [1.807, 2.05) is 24.3 Å². The highest BCUT2D eigenvalue weighted by atomic mass is 35.5. The van der Waals surface area contributed by atoms with Crippen molar-refractivity contribution >= 4 is 11.6 Å². The number of hydrogen-bond acceptors (Lipinski definition) is 7. The summed E-state index contributed by atoms with van der Waals surface area (Å²) in [5.41, 5.74) is 0.707. The van der Waals surface area contributed by atoms with Crippen molar-refractivity contribution in [3.05, 3.63) is 64.2 Å². The topological polar surface area (TPSA) is 109 Å². The first-order chi connectivity index (χ1) is 13.8. The molecule has 2 saturated heterocycles. The summed E-state index contributed by atoms with van der Waals surface area (Å²) < 4.78 is 16.8. The Morgan fingerprint density at radius 3 is 2.48 bits per heavy atom. The Hall–Kier alpha value is -1.71. The lowest BCUT2D eigenvalue weighted by molar-refractivity contribution is -0.329. The number of benzene rings is 2. The Morgan fingerprint density at radius 1 is 1.10 bits per heavy atom. The molecule has 7 nitrogen and oxygen atoms in total. The lowest BCUT2D eigenvalue weighted by Gasteiger charge is -2.46. The van der Waals surface area contributed by atoms with Gasteiger partial charge in [-0.2, -0.15) is 0 Å². The molecule has 2 aromatic rings. The fourth-order valence-electron chi connectivity index (χ4n) is 3.97. The molecule has 0 aromatic heterocycles. The normalized spacial score (nSPS) is 33.7. The summed E-state index contributed by atoms with van der Waals surface area (Å²) in [5, 5.41) is 41.6. The maximum Gasteiger partial charge on any atom is 0.225 e. The molecule has 2 aromatic carbocycles. The first-order valence-electron chi connectivity index (χ1n) is 9.26. The molecule has 4 N–H and O–H groups in total. The van der Waals surface area contributed by atoms with E-state index < -0.39 is 36.3 Å². The van der Waals surface area contributed by atoms with Crippen LogP contribution in [0.1, 0.15) is 16.7 Å². The van der Waals surface area contributed by atoms with Gasteiger partial charge in [-0.1, -0.05) is 29.8 Å². The van der Waals surface area contributed by atoms with Crippen molar-refractivity contribution < 1.29 is 34.6 Å². The van der Waals surface area contributed by atoms with E-state index in [9.17, 15) is 20.4 Å². The molecule has 2 fully saturated rings. The Morgan fingerprint density at radius 2 is 1.83 bits per heavy atom. The van der Waals surface area contributed by atoms with Gasteiger partial charge in [-0.3, -0.25) is 0 Å². The zero-order valence-electron chi connectivity index (χ0n) is 15.8. The molecule has 5 atom stereocenters. The monoisotopic (exact) mass is 422 g/mol. The SMILES string of the molecule is COc1ccc(Cc2cc([C@]34OC[C@](CO)(O3)[C@@H](O)[C@H](O)[C@@H]4O)ccc2Cl)cc1. The molecule has 0 saturated carbocycles. The zero-order valence-corrected chi connectivity index (χ0v) is 16.5. The van der Waals surface area contributed by atoms with Crippen molar-refractivity contribution in [2.24, 2.45) is 0 Å². The molecule has 0 amide bonds. The van der Waals surface area contributed by atoms with Crippen LogP contribution < -0.4 is 4.74 Å². The lowest BCUT2D eigenvalue weighted by atomic mass is 9.83. The summed E-state index contributed by atoms with van der Waals surface area (Å²) in [6.45, 7) is -0.735. The predicted octanol–water partition coefficient (Wildman–Crippen LogP) is 0.966. The van der Waals surface area contributed by atoms with E-state index in [4.69, 9.17) is 25.8 Å². The van der Waals surface area contributed by atoms with Crippen LogP contribution in [0.3, 0.4) is 0 Å². The molecule has 8 heteroatoms. The van der Waals surface area contributed by atoms with Crippen LogP contribution >= 0.6 is 11.6 Å². The standard InChI is InChI=1S/C21H23ClO7/c1-27-15-5-2-12(3-6-15)8-13-9-14(4-7-16(13)22)21-19(26)17(24)18(25)20(10-23,29-21)11-28-21/h2-7,9,17-19,23-26H,8,10-11H2,1H3/t17-,18-,19-,20-,21-/m0/s1. The van der Waals surface area contributed by atoms with E-state index in [-0.39, 0.29) is 6.61 Å². The quantitative estimate of drug-likeness (QED) is 0.568. The largest absolute Gasteiger partial charge is 0.497 e. The summed E-state index contributed by atoms with van der Waals surface area (Å²) in [6, 6.07) is 12.6. The van der Waals surface area contributed by atoms with Gasteiger partial charge >= 0.3 is 0 Å². The van der Waals surface area contributed by atoms with Gasteiger partial charge in [0, 0.05) is 10.6 Å². The smallest absolute Gasteiger partial charge is 0.225 e. The van der Waals surface area contributed by atoms with Crippen LogP contribution in [0.25, 0.3) is 0 Å². The molecular formula is C21H23ClO7. The van der Waals surface area contributed by atoms with Crippen molar-refractivity contribution in [1.82, 2.24) is 0 Å². The zero-order chi connectivity index (χ0) is 20.8. The van der Waals surface area contributed by atoms with Gasteiger partial charge in [-0.05, 0) is 41.8 Å². The van der Waals surface area contributed by atoms with Gasteiger partial charge in [0.1, 0.15) is 29.7 Å². The second-order valence-corrected chi connectivity index (χ2v) is 7.90. The average molecular weight is 423 g/mol. The number of methoxy groups -OCH3 is 1. The van der Waals surface area contributed by atoms with Crippen molar-refractivity contribution in [3.8, 4) is 5.75 Å². The Balaban J connectivity index is 1.69. The molecule has 0 unspecified atom stereocenters. The first-order valence-corrected chi connectivity index (χ1v) is 9.64. The number of aliphatic hydroxyl groups excluding tert-OH is 4. The first kappa shape index (κ1) is 20.6. The van der Waals surface area contributed by atoms with Gasteiger partial charge < -0.3 is 34.6 Å². The molecule has 2 heterocycles. The fourth-order valence-corrected chi connectivity index (χ4v) is 4.15. The highest BCUT2D eigenvalue weighted by molar-refractivity contribution is 6.31. The number of ether oxygens (including phenoxy) is 3. The lowest BCUT2D eigenvalue weighted by Crippen LogP contribution is -2.65. The summed E-state index contributed by atoms with van der Waals surface area (Å²) in [7, 11) is 1.60. The summed E-state index contributed by atoms with van der Waals surface area (Å²) >= 11 is 6.39. The number of fused-ring (bicyclic) bond motifs is 2. The van der Waals surface area contributed by atoms with Crippen LogP contribution in [-0.4, -0.2) is 64.7 Å². The third kappa shape index (κ3) is 3.23. The Bertz CT molecular complexity index is 889. The minimum atomic E-state index is -1.71. The third-order valence-electron chi connectivity index (χ3n) is 5.73. The number of hydrogen-bond donors (Lipinski definition) is 4. The van der Waals surface area contributed by atoms with E-state index in [0.29, 0.717) is 17.0 Å². The van der Waals surface area contributed by atoms with Crippen LogP contribution in [-0.2, 0) is 21.7 Å². The summed E-state index contributed by atoms with van der Waals surface area (Å²) in [5.74, 6) is -0.959. The minimum Gasteiger partial charge on any atom is -0.497 e. The molecule has 2 aliphatic heterocycles. The second-order valence-electron chi connectivity index (χ2n) is 7.49. The number of aliphatic hydroxyl groups is 4. The molecule has 2 aliphatic rings. The van der Waals surface area contributed by atoms with E-state index in [1.165, 1.54) is 0 Å². The van der Waals surface area contributed by atoms with Crippen molar-refractivity contribution in [3.63, 3.8) is 0 Å². The van der Waals surface area contributed by atoms with Crippen LogP contribution in [0.5, 0.6) is 5.75 Å². The van der Waals surface area contributed by atoms with E-state index >= 15 is 0 Å². The number of halogens is 1. The van der Waals surface area contributed by atoms with Crippen LogP contribution in [0.2, 0.25) is 5.02 Å². The molecule has 4 rings (SSSR count). The van der Waals surface area contributed by atoms with Crippen molar-refractivity contribution in [2.75, 3.05) is 20.3 Å². The van der Waals surface area contributed by atoms with Crippen LogP contribution in [0, 0.1) is 0 Å². The van der Waals surface area contributed by atoms with Gasteiger partial charge in [-0.15, -0.1) is 0 Å².